The van der Waals surface area contributed by atoms with E-state index < -0.39 is 28.6 Å². The summed E-state index contributed by atoms with van der Waals surface area (Å²) < 4.78 is 21.8. The van der Waals surface area contributed by atoms with Crippen molar-refractivity contribution in [3.63, 3.8) is 0 Å². The third-order valence-electron chi connectivity index (χ3n) is 7.01. The lowest BCUT2D eigenvalue weighted by molar-refractivity contribution is -0.161. The molecule has 4 aromatic carbocycles. The van der Waals surface area contributed by atoms with Crippen molar-refractivity contribution >= 4 is 28.9 Å². The van der Waals surface area contributed by atoms with Crippen molar-refractivity contribution in [3.8, 4) is 23.8 Å². The fourth-order valence-electron chi connectivity index (χ4n) is 4.59. The fourth-order valence-corrected chi connectivity index (χ4v) is 5.53. The molecule has 0 fully saturated rings. The third kappa shape index (κ3) is 8.46. The van der Waals surface area contributed by atoms with Gasteiger partial charge in [-0.3, -0.25) is 9.59 Å². The van der Waals surface area contributed by atoms with Gasteiger partial charge in [-0.15, -0.1) is 12.3 Å². The maximum absolute atomic E-state index is 14.4. The van der Waals surface area contributed by atoms with Gasteiger partial charge in [0.2, 0.25) is 5.12 Å². The van der Waals surface area contributed by atoms with Crippen molar-refractivity contribution in [2.45, 2.75) is 30.6 Å². The molecule has 0 saturated carbocycles. The molecule has 0 aliphatic carbocycles. The zero-order valence-corrected chi connectivity index (χ0v) is 25.8. The van der Waals surface area contributed by atoms with Gasteiger partial charge in [0.15, 0.2) is 5.41 Å². The Balaban J connectivity index is 1.73. The van der Waals surface area contributed by atoms with Crippen LogP contribution in [0.15, 0.2) is 114 Å². The molecule has 8 nitrogen and oxygen atoms in total. The van der Waals surface area contributed by atoms with E-state index in [2.05, 4.69) is 11.2 Å². The summed E-state index contributed by atoms with van der Waals surface area (Å²) in [6.07, 6.45) is 4.65. The quantitative estimate of drug-likeness (QED) is 0.0757. The molecule has 45 heavy (non-hydrogen) atoms. The van der Waals surface area contributed by atoms with E-state index in [-0.39, 0.29) is 19.6 Å². The first-order valence-electron chi connectivity index (χ1n) is 14.0. The first-order chi connectivity index (χ1) is 21.9. The number of amides is 1. The monoisotopic (exact) mass is 623 g/mol. The maximum atomic E-state index is 14.4. The summed E-state index contributed by atoms with van der Waals surface area (Å²) in [7, 11) is 3.09. The van der Waals surface area contributed by atoms with Crippen LogP contribution in [0.3, 0.4) is 0 Å². The number of hydrogen-bond donors (Lipinski definition) is 1. The lowest BCUT2D eigenvalue weighted by Gasteiger charge is -2.36. The van der Waals surface area contributed by atoms with Crippen LogP contribution in [-0.2, 0) is 32.3 Å². The van der Waals surface area contributed by atoms with Crippen molar-refractivity contribution in [1.82, 2.24) is 5.32 Å². The number of terminal acetylenes is 1. The highest BCUT2D eigenvalue weighted by atomic mass is 32.2. The molecule has 0 aromatic heterocycles. The van der Waals surface area contributed by atoms with Gasteiger partial charge in [-0.2, -0.15) is 0 Å². The molecular weight excluding hydrogens is 590 g/mol. The molecule has 0 unspecified atom stereocenters. The molecule has 0 bridgehead atoms. The highest BCUT2D eigenvalue weighted by Crippen LogP contribution is 2.45. The second-order valence-electron chi connectivity index (χ2n) is 9.89. The number of benzene rings is 4. The van der Waals surface area contributed by atoms with Crippen LogP contribution in [0.25, 0.3) is 0 Å². The minimum Gasteiger partial charge on any atom is -0.497 e. The Bertz CT molecular complexity index is 1600. The number of thioether (sulfide) groups is 1. The Morgan fingerprint density at radius 3 is 1.87 bits per heavy atom. The Hall–Kier alpha value is -5.20. The van der Waals surface area contributed by atoms with Gasteiger partial charge in [-0.25, -0.2) is 4.79 Å². The van der Waals surface area contributed by atoms with Gasteiger partial charge in [0.05, 0.1) is 20.3 Å². The van der Waals surface area contributed by atoms with Crippen LogP contribution in [-0.4, -0.2) is 31.4 Å². The van der Waals surface area contributed by atoms with Gasteiger partial charge in [0, 0.05) is 11.3 Å². The minimum atomic E-state index is -2.04. The number of carbonyl (C=O) groups excluding carboxylic acids is 3. The molecule has 0 radical (unpaired) electrons. The average Bonchev–Trinajstić information content (AvgIpc) is 3.09. The summed E-state index contributed by atoms with van der Waals surface area (Å²) in [5.74, 6) is 2.86. The zero-order valence-electron chi connectivity index (χ0n) is 24.9. The van der Waals surface area contributed by atoms with Crippen LogP contribution in [0.4, 0.5) is 4.79 Å². The molecule has 0 saturated heterocycles. The number of hydrogen-bond acceptors (Lipinski definition) is 8. The summed E-state index contributed by atoms with van der Waals surface area (Å²) in [4.78, 5) is 42.5. The Kier molecular flexibility index (Phi) is 11.7. The molecule has 0 heterocycles. The average molecular weight is 624 g/mol. The lowest BCUT2D eigenvalue weighted by Crippen LogP contribution is -2.51. The Morgan fingerprint density at radius 2 is 1.29 bits per heavy atom. The van der Waals surface area contributed by atoms with Gasteiger partial charge in [0.1, 0.15) is 24.7 Å². The zero-order chi connectivity index (χ0) is 32.1. The maximum Gasteiger partial charge on any atom is 0.408 e. The summed E-state index contributed by atoms with van der Waals surface area (Å²) in [5, 5.41) is 2.17. The normalized spacial score (nSPS) is 12.5. The fraction of sp³-hybridized carbons (Fsp3) is 0.194. The van der Waals surface area contributed by atoms with E-state index in [9.17, 15) is 14.4 Å². The number of nitrogens with one attached hydrogen (secondary N) is 1. The minimum absolute atomic E-state index is 0.0210. The number of carbonyl (C=O) groups is 3. The van der Waals surface area contributed by atoms with E-state index in [0.717, 1.165) is 17.3 Å². The van der Waals surface area contributed by atoms with Crippen LogP contribution in [0.1, 0.15) is 29.2 Å². The van der Waals surface area contributed by atoms with Gasteiger partial charge >= 0.3 is 12.1 Å². The van der Waals surface area contributed by atoms with Gasteiger partial charge in [-0.05, 0) is 53.1 Å². The van der Waals surface area contributed by atoms with Gasteiger partial charge in [-0.1, -0.05) is 84.6 Å². The van der Waals surface area contributed by atoms with Gasteiger partial charge in [0.25, 0.3) is 0 Å². The number of methoxy groups -OCH3 is 2. The smallest absolute Gasteiger partial charge is 0.408 e. The molecule has 9 heteroatoms. The van der Waals surface area contributed by atoms with Crippen molar-refractivity contribution in [2.24, 2.45) is 5.41 Å². The number of ether oxygens (including phenoxy) is 4. The second kappa shape index (κ2) is 16.0. The number of alkyl carbamates (subject to hydrolysis) is 1. The lowest BCUT2D eigenvalue weighted by atomic mass is 9.75. The third-order valence-corrected chi connectivity index (χ3v) is 8.07. The van der Waals surface area contributed by atoms with Crippen LogP contribution < -0.4 is 14.8 Å². The predicted octanol–water partition coefficient (Wildman–Crippen LogP) is 6.74. The largest absolute Gasteiger partial charge is 0.497 e. The van der Waals surface area contributed by atoms with Crippen molar-refractivity contribution in [1.29, 1.82) is 0 Å². The van der Waals surface area contributed by atoms with Crippen LogP contribution in [0.2, 0.25) is 0 Å². The number of rotatable bonds is 13. The summed E-state index contributed by atoms with van der Waals surface area (Å²) in [6.45, 7) is -0.164. The van der Waals surface area contributed by atoms with E-state index in [1.807, 2.05) is 30.3 Å². The van der Waals surface area contributed by atoms with Crippen molar-refractivity contribution in [2.75, 3.05) is 14.2 Å². The highest BCUT2D eigenvalue weighted by molar-refractivity contribution is 8.13. The predicted molar refractivity (Wildman–Crippen MR) is 171 cm³/mol. The standard InChI is InChI=1S/C36H33NO7S/c1-4-23-36(34(39)45-31-21-19-30(42-3)20-22-31,33(38)43-24-27-15-17-29(41-2)18-16-27)32(28-13-9-6-10-14-28)37-35(40)44-25-26-11-7-5-8-12-26/h1,5-22,32H,23-25H2,2-3H3,(H,37,40)/t32-,36-/m0/s1. The first-order valence-corrected chi connectivity index (χ1v) is 14.8. The molecule has 0 spiro atoms. The molecule has 0 aliphatic rings. The Morgan fingerprint density at radius 1 is 0.756 bits per heavy atom. The van der Waals surface area contributed by atoms with E-state index in [1.54, 1.807) is 86.0 Å². The summed E-state index contributed by atoms with van der Waals surface area (Å²) in [5.41, 5.74) is -0.141. The van der Waals surface area contributed by atoms with Crippen LogP contribution in [0.5, 0.6) is 11.5 Å². The van der Waals surface area contributed by atoms with Gasteiger partial charge < -0.3 is 24.3 Å². The molecule has 4 rings (SSSR count). The van der Waals surface area contributed by atoms with Crippen molar-refractivity contribution in [3.05, 3.63) is 126 Å². The molecule has 1 amide bonds. The first kappa shape index (κ1) is 32.7. The Labute approximate surface area is 267 Å². The van der Waals surface area contributed by atoms with E-state index in [1.165, 1.54) is 7.11 Å². The number of esters is 1. The van der Waals surface area contributed by atoms with Crippen LogP contribution >= 0.6 is 11.8 Å². The molecule has 2 atom stereocenters. The topological polar surface area (TPSA) is 100 Å². The summed E-state index contributed by atoms with van der Waals surface area (Å²) in [6, 6.07) is 30.3. The van der Waals surface area contributed by atoms with E-state index in [4.69, 9.17) is 25.4 Å². The molecular formula is C36H33NO7S. The SMILES string of the molecule is C#CC[C@](C(=O)OCc1ccc(OC)cc1)(C(=O)Sc1ccc(OC)cc1)[C@@H](NC(=O)OCc1ccccc1)c1ccccc1. The van der Waals surface area contributed by atoms with Crippen molar-refractivity contribution < 1.29 is 33.3 Å². The second-order valence-corrected chi connectivity index (χ2v) is 10.9. The molecule has 230 valence electrons. The molecule has 1 N–H and O–H groups in total. The molecule has 4 aromatic rings. The molecule has 0 aliphatic heterocycles. The summed E-state index contributed by atoms with van der Waals surface area (Å²) >= 11 is 0.825. The van der Waals surface area contributed by atoms with E-state index in [0.29, 0.717) is 27.5 Å². The van der Waals surface area contributed by atoms with E-state index >= 15 is 0 Å². The highest BCUT2D eigenvalue weighted by Gasteiger charge is 2.55. The van der Waals surface area contributed by atoms with Crippen LogP contribution in [0, 0.1) is 17.8 Å².